The summed E-state index contributed by atoms with van der Waals surface area (Å²) in [5, 5.41) is 2.77. The SMILES string of the molecule is CCOC(=O)c1ccc(NC(=O)CCn2c(=O)sc3ccccc32)cc1. The van der Waals surface area contributed by atoms with Crippen molar-refractivity contribution in [1.29, 1.82) is 0 Å². The number of thiazole rings is 1. The highest BCUT2D eigenvalue weighted by molar-refractivity contribution is 7.16. The topological polar surface area (TPSA) is 77.4 Å². The minimum atomic E-state index is -0.394. The highest BCUT2D eigenvalue weighted by Gasteiger charge is 2.10. The van der Waals surface area contributed by atoms with Crippen LogP contribution >= 0.6 is 11.3 Å². The normalized spacial score (nSPS) is 10.7. The van der Waals surface area contributed by atoms with Crippen molar-refractivity contribution in [2.45, 2.75) is 19.9 Å². The lowest BCUT2D eigenvalue weighted by molar-refractivity contribution is -0.116. The minimum absolute atomic E-state index is 0.0715. The van der Waals surface area contributed by atoms with Crippen LogP contribution in [0.1, 0.15) is 23.7 Å². The van der Waals surface area contributed by atoms with Gasteiger partial charge in [-0.25, -0.2) is 4.79 Å². The van der Waals surface area contributed by atoms with Crippen molar-refractivity contribution in [3.8, 4) is 0 Å². The van der Waals surface area contributed by atoms with Crippen molar-refractivity contribution >= 4 is 39.1 Å². The summed E-state index contributed by atoms with van der Waals surface area (Å²) in [4.78, 5) is 35.8. The Labute approximate surface area is 154 Å². The van der Waals surface area contributed by atoms with E-state index in [0.29, 0.717) is 24.4 Å². The molecule has 1 amide bonds. The predicted octanol–water partition coefficient (Wildman–Crippen LogP) is 3.27. The first kappa shape index (κ1) is 17.9. The fourth-order valence-corrected chi connectivity index (χ4v) is 3.48. The Kier molecular flexibility index (Phi) is 5.48. The summed E-state index contributed by atoms with van der Waals surface area (Å²) < 4.78 is 7.44. The van der Waals surface area contributed by atoms with Crippen molar-refractivity contribution in [2.24, 2.45) is 0 Å². The molecule has 0 atom stereocenters. The van der Waals surface area contributed by atoms with Gasteiger partial charge in [-0.1, -0.05) is 23.5 Å². The van der Waals surface area contributed by atoms with Crippen LogP contribution in [-0.2, 0) is 16.1 Å². The molecule has 3 rings (SSSR count). The average molecular weight is 370 g/mol. The molecule has 0 spiro atoms. The zero-order valence-corrected chi connectivity index (χ0v) is 15.0. The Balaban J connectivity index is 1.61. The number of amides is 1. The number of hydrogen-bond acceptors (Lipinski definition) is 5. The van der Waals surface area contributed by atoms with Gasteiger partial charge in [-0.05, 0) is 43.3 Å². The fourth-order valence-electron chi connectivity index (χ4n) is 2.57. The van der Waals surface area contributed by atoms with Gasteiger partial charge in [-0.15, -0.1) is 0 Å². The first-order valence-corrected chi connectivity index (χ1v) is 9.05. The number of esters is 1. The Morgan fingerprint density at radius 3 is 2.58 bits per heavy atom. The molecular weight excluding hydrogens is 352 g/mol. The van der Waals surface area contributed by atoms with Crippen LogP contribution < -0.4 is 10.2 Å². The maximum absolute atomic E-state index is 12.2. The number of anilines is 1. The van der Waals surface area contributed by atoms with Gasteiger partial charge in [0.1, 0.15) is 0 Å². The van der Waals surface area contributed by atoms with Crippen molar-refractivity contribution in [1.82, 2.24) is 4.57 Å². The molecule has 0 aliphatic rings. The second-order valence-electron chi connectivity index (χ2n) is 5.58. The zero-order valence-electron chi connectivity index (χ0n) is 14.2. The standard InChI is InChI=1S/C19H18N2O4S/c1-2-25-18(23)13-7-9-14(10-8-13)20-17(22)11-12-21-15-5-3-4-6-16(15)26-19(21)24/h3-10H,2,11-12H2,1H3,(H,20,22). The molecule has 1 heterocycles. The average Bonchev–Trinajstić information content (AvgIpc) is 2.96. The van der Waals surface area contributed by atoms with Gasteiger partial charge in [0.05, 0.1) is 22.4 Å². The van der Waals surface area contributed by atoms with Gasteiger partial charge in [0.2, 0.25) is 5.91 Å². The molecule has 0 fully saturated rings. The van der Waals surface area contributed by atoms with E-state index in [1.54, 1.807) is 35.8 Å². The maximum Gasteiger partial charge on any atom is 0.338 e. The number of carbonyl (C=O) groups is 2. The third kappa shape index (κ3) is 4.00. The lowest BCUT2D eigenvalue weighted by Crippen LogP contribution is -2.19. The van der Waals surface area contributed by atoms with Gasteiger partial charge in [0.15, 0.2) is 0 Å². The van der Waals surface area contributed by atoms with Crippen LogP contribution in [0.2, 0.25) is 0 Å². The summed E-state index contributed by atoms with van der Waals surface area (Å²) in [7, 11) is 0. The van der Waals surface area contributed by atoms with Gasteiger partial charge >= 0.3 is 10.8 Å². The number of benzene rings is 2. The molecule has 26 heavy (non-hydrogen) atoms. The highest BCUT2D eigenvalue weighted by atomic mass is 32.1. The van der Waals surface area contributed by atoms with E-state index in [1.165, 1.54) is 11.3 Å². The van der Waals surface area contributed by atoms with Crippen molar-refractivity contribution < 1.29 is 14.3 Å². The van der Waals surface area contributed by atoms with Crippen LogP contribution in [0.5, 0.6) is 0 Å². The van der Waals surface area contributed by atoms with Gasteiger partial charge in [0, 0.05) is 18.7 Å². The summed E-state index contributed by atoms with van der Waals surface area (Å²) in [5.74, 6) is -0.592. The first-order valence-electron chi connectivity index (χ1n) is 8.24. The van der Waals surface area contributed by atoms with Crippen LogP contribution in [0.25, 0.3) is 10.2 Å². The number of carbonyl (C=O) groups excluding carboxylic acids is 2. The number of para-hydroxylation sites is 1. The third-order valence-corrected chi connectivity index (χ3v) is 4.78. The van der Waals surface area contributed by atoms with E-state index in [2.05, 4.69) is 5.32 Å². The monoisotopic (exact) mass is 370 g/mol. The molecule has 0 bridgehead atoms. The third-order valence-electron chi connectivity index (χ3n) is 3.82. The molecule has 1 N–H and O–H groups in total. The molecule has 6 nitrogen and oxygen atoms in total. The molecule has 0 unspecified atom stereocenters. The second kappa shape index (κ2) is 7.97. The van der Waals surface area contributed by atoms with Crippen LogP contribution in [0.4, 0.5) is 5.69 Å². The van der Waals surface area contributed by atoms with Gasteiger partial charge in [-0.2, -0.15) is 0 Å². The summed E-state index contributed by atoms with van der Waals surface area (Å²) >= 11 is 1.17. The summed E-state index contributed by atoms with van der Waals surface area (Å²) in [6, 6.07) is 14.0. The molecule has 0 aliphatic heterocycles. The molecule has 2 aromatic carbocycles. The van der Waals surface area contributed by atoms with Crippen LogP contribution in [0.15, 0.2) is 53.3 Å². The molecule has 1 aromatic heterocycles. The maximum atomic E-state index is 12.2. The zero-order chi connectivity index (χ0) is 18.5. The summed E-state index contributed by atoms with van der Waals surface area (Å²) in [5.41, 5.74) is 1.86. The largest absolute Gasteiger partial charge is 0.462 e. The number of ether oxygens (including phenoxy) is 1. The summed E-state index contributed by atoms with van der Waals surface area (Å²) in [6.45, 7) is 2.37. The van der Waals surface area contributed by atoms with Gasteiger partial charge < -0.3 is 10.1 Å². The van der Waals surface area contributed by atoms with E-state index < -0.39 is 5.97 Å². The number of aromatic nitrogens is 1. The fraction of sp³-hybridized carbons (Fsp3) is 0.211. The number of rotatable bonds is 6. The number of hydrogen-bond donors (Lipinski definition) is 1. The molecular formula is C19H18N2O4S. The highest BCUT2D eigenvalue weighted by Crippen LogP contribution is 2.17. The number of aryl methyl sites for hydroxylation is 1. The summed E-state index contributed by atoms with van der Waals surface area (Å²) in [6.07, 6.45) is 0.181. The van der Waals surface area contributed by atoms with Crippen LogP contribution in [0.3, 0.4) is 0 Å². The number of fused-ring (bicyclic) bond motifs is 1. The van der Waals surface area contributed by atoms with Crippen molar-refractivity contribution in [3.05, 3.63) is 63.8 Å². The Bertz CT molecular complexity index is 989. The Morgan fingerprint density at radius 2 is 1.85 bits per heavy atom. The van der Waals surface area contributed by atoms with E-state index in [1.807, 2.05) is 24.3 Å². The van der Waals surface area contributed by atoms with Crippen LogP contribution in [-0.4, -0.2) is 23.1 Å². The van der Waals surface area contributed by atoms with Crippen LogP contribution in [0, 0.1) is 0 Å². The number of nitrogens with zero attached hydrogens (tertiary/aromatic N) is 1. The van der Waals surface area contributed by atoms with E-state index in [0.717, 1.165) is 10.2 Å². The minimum Gasteiger partial charge on any atom is -0.462 e. The van der Waals surface area contributed by atoms with Gasteiger partial charge in [0.25, 0.3) is 0 Å². The van der Waals surface area contributed by atoms with E-state index in [9.17, 15) is 14.4 Å². The number of nitrogens with one attached hydrogen (secondary N) is 1. The van der Waals surface area contributed by atoms with Gasteiger partial charge in [-0.3, -0.25) is 14.2 Å². The van der Waals surface area contributed by atoms with E-state index >= 15 is 0 Å². The lowest BCUT2D eigenvalue weighted by atomic mass is 10.2. The quantitative estimate of drug-likeness (QED) is 0.676. The molecule has 0 radical (unpaired) electrons. The van der Waals surface area contributed by atoms with E-state index in [-0.39, 0.29) is 17.2 Å². The first-order chi connectivity index (χ1) is 12.6. The predicted molar refractivity (Wildman–Crippen MR) is 102 cm³/mol. The molecule has 0 saturated heterocycles. The second-order valence-corrected chi connectivity index (χ2v) is 6.58. The van der Waals surface area contributed by atoms with E-state index in [4.69, 9.17) is 4.74 Å². The molecule has 3 aromatic rings. The van der Waals surface area contributed by atoms with Crippen molar-refractivity contribution in [3.63, 3.8) is 0 Å². The molecule has 134 valence electrons. The Hall–Kier alpha value is -2.93. The molecule has 0 aliphatic carbocycles. The lowest BCUT2D eigenvalue weighted by Gasteiger charge is -2.07. The molecule has 0 saturated carbocycles. The molecule has 7 heteroatoms. The smallest absolute Gasteiger partial charge is 0.338 e. The Morgan fingerprint density at radius 1 is 1.12 bits per heavy atom. The van der Waals surface area contributed by atoms with Crippen molar-refractivity contribution in [2.75, 3.05) is 11.9 Å².